The Bertz CT molecular complexity index is 621. The summed E-state index contributed by atoms with van der Waals surface area (Å²) in [7, 11) is 0. The fourth-order valence-electron chi connectivity index (χ4n) is 1.39. The van der Waals surface area contributed by atoms with Crippen molar-refractivity contribution < 1.29 is 0 Å². The molecule has 0 aliphatic carbocycles. The molecule has 0 atom stereocenters. The summed E-state index contributed by atoms with van der Waals surface area (Å²) in [6.07, 6.45) is 0. The number of nitrogens with one attached hydrogen (secondary N) is 1. The maximum absolute atomic E-state index is 9.08. The number of hydrogen-bond donors (Lipinski definition) is 1. The maximum atomic E-state index is 9.08. The zero-order valence-electron chi connectivity index (χ0n) is 8.92. The van der Waals surface area contributed by atoms with Crippen LogP contribution in [0.2, 0.25) is 15.3 Å². The highest BCUT2D eigenvalue weighted by Gasteiger charge is 2.16. The first kappa shape index (κ1) is 13.0. The van der Waals surface area contributed by atoms with Crippen LogP contribution in [0.25, 0.3) is 0 Å². The van der Waals surface area contributed by atoms with Crippen molar-refractivity contribution in [1.82, 2.24) is 4.98 Å². The summed E-state index contributed by atoms with van der Waals surface area (Å²) < 4.78 is 0. The Morgan fingerprint density at radius 1 is 1.06 bits per heavy atom. The predicted molar refractivity (Wildman–Crippen MR) is 73.7 cm³/mol. The normalized spacial score (nSPS) is 9.89. The molecule has 6 heteroatoms. The van der Waals surface area contributed by atoms with Gasteiger partial charge in [0.05, 0.1) is 5.69 Å². The minimum absolute atomic E-state index is 0.0188. The number of para-hydroxylation sites is 1. The van der Waals surface area contributed by atoms with Crippen molar-refractivity contribution in [2.24, 2.45) is 0 Å². The number of aromatic nitrogens is 1. The summed E-state index contributed by atoms with van der Waals surface area (Å²) in [5, 5.41) is 12.3. The van der Waals surface area contributed by atoms with Crippen LogP contribution in [0, 0.1) is 11.3 Å². The van der Waals surface area contributed by atoms with Crippen molar-refractivity contribution in [1.29, 1.82) is 5.26 Å². The minimum atomic E-state index is 0.0188. The van der Waals surface area contributed by atoms with Gasteiger partial charge in [-0.25, -0.2) is 4.98 Å². The SMILES string of the molecule is N#Cc1c(Cl)nc(Cl)c(Cl)c1Nc1ccccc1. The van der Waals surface area contributed by atoms with E-state index in [0.717, 1.165) is 5.69 Å². The van der Waals surface area contributed by atoms with E-state index in [2.05, 4.69) is 10.3 Å². The van der Waals surface area contributed by atoms with Crippen LogP contribution in [-0.2, 0) is 0 Å². The molecule has 0 spiro atoms. The molecule has 0 fully saturated rings. The summed E-state index contributed by atoms with van der Waals surface area (Å²) in [5.41, 5.74) is 1.29. The third-order valence-corrected chi connectivity index (χ3v) is 3.22. The Morgan fingerprint density at radius 3 is 2.33 bits per heavy atom. The molecule has 0 aliphatic rings. The van der Waals surface area contributed by atoms with Gasteiger partial charge in [0, 0.05) is 5.69 Å². The van der Waals surface area contributed by atoms with Gasteiger partial charge in [-0.15, -0.1) is 0 Å². The van der Waals surface area contributed by atoms with Crippen molar-refractivity contribution in [2.45, 2.75) is 0 Å². The van der Waals surface area contributed by atoms with Crippen molar-refractivity contribution in [3.8, 4) is 6.07 Å². The number of rotatable bonds is 2. The highest BCUT2D eigenvalue weighted by Crippen LogP contribution is 2.36. The van der Waals surface area contributed by atoms with Crippen molar-refractivity contribution >= 4 is 46.2 Å². The monoisotopic (exact) mass is 297 g/mol. The van der Waals surface area contributed by atoms with E-state index in [1.165, 1.54) is 0 Å². The lowest BCUT2D eigenvalue weighted by atomic mass is 10.2. The van der Waals surface area contributed by atoms with E-state index in [0.29, 0.717) is 5.69 Å². The maximum Gasteiger partial charge on any atom is 0.151 e. The Kier molecular flexibility index (Phi) is 3.93. The average molecular weight is 299 g/mol. The van der Waals surface area contributed by atoms with Crippen LogP contribution in [0.3, 0.4) is 0 Å². The van der Waals surface area contributed by atoms with Crippen LogP contribution in [0.4, 0.5) is 11.4 Å². The summed E-state index contributed by atoms with van der Waals surface area (Å²) in [5.74, 6) is 0. The van der Waals surface area contributed by atoms with Crippen LogP contribution in [0.15, 0.2) is 30.3 Å². The second-order valence-corrected chi connectivity index (χ2v) is 4.45. The fourth-order valence-corrected chi connectivity index (χ4v) is 2.02. The Hall–Kier alpha value is -1.47. The highest BCUT2D eigenvalue weighted by molar-refractivity contribution is 6.44. The van der Waals surface area contributed by atoms with Gasteiger partial charge in [-0.05, 0) is 12.1 Å². The fraction of sp³-hybridized carbons (Fsp3) is 0. The smallest absolute Gasteiger partial charge is 0.151 e. The first-order chi connectivity index (χ1) is 8.63. The van der Waals surface area contributed by atoms with Crippen LogP contribution < -0.4 is 5.32 Å². The Balaban J connectivity index is 2.54. The topological polar surface area (TPSA) is 48.7 Å². The molecule has 1 heterocycles. The molecule has 3 nitrogen and oxygen atoms in total. The van der Waals surface area contributed by atoms with Gasteiger partial charge in [0.15, 0.2) is 10.3 Å². The molecule has 18 heavy (non-hydrogen) atoms. The van der Waals surface area contributed by atoms with E-state index in [-0.39, 0.29) is 20.9 Å². The van der Waals surface area contributed by atoms with E-state index in [4.69, 9.17) is 40.1 Å². The number of nitrogens with zero attached hydrogens (tertiary/aromatic N) is 2. The lowest BCUT2D eigenvalue weighted by molar-refractivity contribution is 1.30. The van der Waals surface area contributed by atoms with Gasteiger partial charge in [0.1, 0.15) is 16.7 Å². The molecule has 0 saturated carbocycles. The second kappa shape index (κ2) is 5.45. The van der Waals surface area contributed by atoms with Crippen molar-refractivity contribution in [2.75, 3.05) is 5.32 Å². The Morgan fingerprint density at radius 2 is 1.72 bits per heavy atom. The summed E-state index contributed by atoms with van der Waals surface area (Å²) in [4.78, 5) is 3.78. The predicted octanol–water partition coefficient (Wildman–Crippen LogP) is 4.66. The third-order valence-electron chi connectivity index (χ3n) is 2.21. The van der Waals surface area contributed by atoms with Gasteiger partial charge in [-0.1, -0.05) is 53.0 Å². The molecule has 0 aliphatic heterocycles. The molecule has 2 aromatic rings. The first-order valence-electron chi connectivity index (χ1n) is 4.90. The van der Waals surface area contributed by atoms with E-state index >= 15 is 0 Å². The quantitative estimate of drug-likeness (QED) is 0.820. The molecule has 0 radical (unpaired) electrons. The summed E-state index contributed by atoms with van der Waals surface area (Å²) in [6, 6.07) is 11.2. The number of nitriles is 1. The van der Waals surface area contributed by atoms with E-state index in [1.54, 1.807) is 0 Å². The molecule has 1 N–H and O–H groups in total. The molecule has 1 aromatic carbocycles. The molecular formula is C12H6Cl3N3. The highest BCUT2D eigenvalue weighted by atomic mass is 35.5. The molecular weight excluding hydrogens is 293 g/mol. The molecule has 0 saturated heterocycles. The van der Waals surface area contributed by atoms with Crippen molar-refractivity contribution in [3.63, 3.8) is 0 Å². The van der Waals surface area contributed by atoms with Crippen molar-refractivity contribution in [3.05, 3.63) is 51.2 Å². The lowest BCUT2D eigenvalue weighted by Crippen LogP contribution is -1.98. The molecule has 1 aromatic heterocycles. The number of benzene rings is 1. The van der Waals surface area contributed by atoms with Gasteiger partial charge in [0.25, 0.3) is 0 Å². The van der Waals surface area contributed by atoms with Crippen LogP contribution >= 0.6 is 34.8 Å². The van der Waals surface area contributed by atoms with Gasteiger partial charge in [-0.3, -0.25) is 0 Å². The number of hydrogen-bond acceptors (Lipinski definition) is 3. The number of anilines is 2. The largest absolute Gasteiger partial charge is 0.353 e. The van der Waals surface area contributed by atoms with Gasteiger partial charge in [0.2, 0.25) is 0 Å². The van der Waals surface area contributed by atoms with Crippen LogP contribution in [-0.4, -0.2) is 4.98 Å². The second-order valence-electron chi connectivity index (χ2n) is 3.36. The average Bonchev–Trinajstić information content (AvgIpc) is 2.37. The van der Waals surface area contributed by atoms with Crippen LogP contribution in [0.1, 0.15) is 5.56 Å². The van der Waals surface area contributed by atoms with E-state index in [9.17, 15) is 0 Å². The molecule has 0 bridgehead atoms. The zero-order chi connectivity index (χ0) is 13.1. The Labute approximate surface area is 119 Å². The van der Waals surface area contributed by atoms with Gasteiger partial charge in [-0.2, -0.15) is 5.26 Å². The van der Waals surface area contributed by atoms with Gasteiger partial charge >= 0.3 is 0 Å². The number of pyridine rings is 1. The molecule has 0 unspecified atom stereocenters. The van der Waals surface area contributed by atoms with Gasteiger partial charge < -0.3 is 5.32 Å². The molecule has 2 rings (SSSR count). The molecule has 0 amide bonds. The number of halogens is 3. The van der Waals surface area contributed by atoms with Crippen LogP contribution in [0.5, 0.6) is 0 Å². The first-order valence-corrected chi connectivity index (χ1v) is 6.03. The lowest BCUT2D eigenvalue weighted by Gasteiger charge is -2.11. The minimum Gasteiger partial charge on any atom is -0.353 e. The summed E-state index contributed by atoms with van der Waals surface area (Å²) >= 11 is 17.7. The van der Waals surface area contributed by atoms with E-state index in [1.807, 2.05) is 36.4 Å². The van der Waals surface area contributed by atoms with E-state index < -0.39 is 0 Å². The molecule has 90 valence electrons. The zero-order valence-corrected chi connectivity index (χ0v) is 11.2. The summed E-state index contributed by atoms with van der Waals surface area (Å²) in [6.45, 7) is 0. The third kappa shape index (κ3) is 2.51. The standard InChI is InChI=1S/C12H6Cl3N3/c13-9-10(17-7-4-2-1-3-5-7)8(6-16)11(14)18-12(9)15/h1-5H,(H,17,18).